The molecular formula is C21H28N2O5S. The first-order valence-corrected chi connectivity index (χ1v) is 11.0. The number of anilines is 1. The number of nitrogens with one attached hydrogen (secondary N) is 1. The van der Waals surface area contributed by atoms with Gasteiger partial charge in [-0.1, -0.05) is 18.2 Å². The Balaban J connectivity index is 2.21. The molecule has 2 aromatic rings. The van der Waals surface area contributed by atoms with E-state index in [0.29, 0.717) is 17.2 Å². The van der Waals surface area contributed by atoms with Gasteiger partial charge in [-0.05, 0) is 55.7 Å². The van der Waals surface area contributed by atoms with Gasteiger partial charge in [-0.25, -0.2) is 8.42 Å². The van der Waals surface area contributed by atoms with Crippen molar-refractivity contribution in [3.8, 4) is 11.5 Å². The van der Waals surface area contributed by atoms with Crippen molar-refractivity contribution in [2.75, 3.05) is 31.3 Å². The van der Waals surface area contributed by atoms with Crippen molar-refractivity contribution in [2.45, 2.75) is 26.8 Å². The third-order valence-electron chi connectivity index (χ3n) is 4.82. The summed E-state index contributed by atoms with van der Waals surface area (Å²) in [5.41, 5.74) is 3.09. The summed E-state index contributed by atoms with van der Waals surface area (Å²) in [5.74, 6) is 0.741. The van der Waals surface area contributed by atoms with E-state index in [-0.39, 0.29) is 12.6 Å². The summed E-state index contributed by atoms with van der Waals surface area (Å²) < 4.78 is 36.4. The molecule has 29 heavy (non-hydrogen) atoms. The van der Waals surface area contributed by atoms with E-state index in [4.69, 9.17) is 9.47 Å². The number of benzene rings is 2. The molecule has 2 aromatic carbocycles. The minimum atomic E-state index is -3.64. The van der Waals surface area contributed by atoms with Gasteiger partial charge in [0, 0.05) is 0 Å². The lowest BCUT2D eigenvalue weighted by Gasteiger charge is -2.25. The van der Waals surface area contributed by atoms with Crippen LogP contribution >= 0.6 is 0 Å². The third-order valence-corrected chi connectivity index (χ3v) is 5.94. The Hall–Kier alpha value is -2.74. The standard InChI is InChI=1S/C21H28N2O5S/c1-14-8-7-9-18(15(14)2)23(29(6,25)26)13-21(24)22-16(3)17-10-11-19(27-4)20(12-17)28-5/h7-12,16H,13H2,1-6H3,(H,22,24)/t16-/m0/s1. The van der Waals surface area contributed by atoms with Crippen molar-refractivity contribution in [3.63, 3.8) is 0 Å². The molecule has 8 heteroatoms. The van der Waals surface area contributed by atoms with E-state index >= 15 is 0 Å². The van der Waals surface area contributed by atoms with E-state index in [1.807, 2.05) is 32.9 Å². The summed E-state index contributed by atoms with van der Waals surface area (Å²) in [7, 11) is -0.544. The smallest absolute Gasteiger partial charge is 0.241 e. The molecule has 1 atom stereocenters. The predicted molar refractivity (Wildman–Crippen MR) is 114 cm³/mol. The molecule has 1 amide bonds. The highest BCUT2D eigenvalue weighted by molar-refractivity contribution is 7.92. The molecule has 0 aliphatic carbocycles. The summed E-state index contributed by atoms with van der Waals surface area (Å²) in [6, 6.07) is 10.4. The van der Waals surface area contributed by atoms with E-state index in [9.17, 15) is 13.2 Å². The Morgan fingerprint density at radius 1 is 1.10 bits per heavy atom. The molecule has 0 spiro atoms. The lowest BCUT2D eigenvalue weighted by atomic mass is 10.1. The Morgan fingerprint density at radius 2 is 1.76 bits per heavy atom. The molecule has 0 bridgehead atoms. The average Bonchev–Trinajstić information content (AvgIpc) is 2.67. The van der Waals surface area contributed by atoms with Crippen molar-refractivity contribution in [2.24, 2.45) is 0 Å². The highest BCUT2D eigenvalue weighted by Gasteiger charge is 2.24. The minimum Gasteiger partial charge on any atom is -0.493 e. The predicted octanol–water partition coefficient (Wildman–Crippen LogP) is 2.96. The molecular weight excluding hydrogens is 392 g/mol. The summed E-state index contributed by atoms with van der Waals surface area (Å²) in [4.78, 5) is 12.7. The summed E-state index contributed by atoms with van der Waals surface area (Å²) in [5, 5.41) is 2.85. The number of aryl methyl sites for hydroxylation is 1. The molecule has 0 aliphatic heterocycles. The number of methoxy groups -OCH3 is 2. The second kappa shape index (κ2) is 9.17. The van der Waals surface area contributed by atoms with E-state index in [0.717, 1.165) is 27.3 Å². The first kappa shape index (κ1) is 22.5. The lowest BCUT2D eigenvalue weighted by Crippen LogP contribution is -2.41. The van der Waals surface area contributed by atoms with Crippen molar-refractivity contribution in [1.82, 2.24) is 5.32 Å². The van der Waals surface area contributed by atoms with E-state index in [1.54, 1.807) is 38.5 Å². The van der Waals surface area contributed by atoms with Crippen molar-refractivity contribution >= 4 is 21.6 Å². The molecule has 0 saturated carbocycles. The topological polar surface area (TPSA) is 84.9 Å². The van der Waals surface area contributed by atoms with Crippen LogP contribution in [0.3, 0.4) is 0 Å². The third kappa shape index (κ3) is 5.41. The van der Waals surface area contributed by atoms with Gasteiger partial charge < -0.3 is 14.8 Å². The molecule has 7 nitrogen and oxygen atoms in total. The highest BCUT2D eigenvalue weighted by atomic mass is 32.2. The lowest BCUT2D eigenvalue weighted by molar-refractivity contribution is -0.120. The van der Waals surface area contributed by atoms with E-state index in [2.05, 4.69) is 5.32 Å². The van der Waals surface area contributed by atoms with Crippen molar-refractivity contribution in [1.29, 1.82) is 0 Å². The molecule has 0 radical (unpaired) electrons. The van der Waals surface area contributed by atoms with Gasteiger partial charge in [0.05, 0.1) is 32.2 Å². The van der Waals surface area contributed by atoms with Crippen LogP contribution in [0.5, 0.6) is 11.5 Å². The van der Waals surface area contributed by atoms with Gasteiger partial charge in [0.25, 0.3) is 0 Å². The average molecular weight is 421 g/mol. The SMILES string of the molecule is COc1ccc([C@H](C)NC(=O)CN(c2cccc(C)c2C)S(C)(=O)=O)cc1OC. The van der Waals surface area contributed by atoms with Crippen LogP contribution in [-0.4, -0.2) is 41.3 Å². The number of hydrogen-bond donors (Lipinski definition) is 1. The fourth-order valence-corrected chi connectivity index (χ4v) is 3.92. The van der Waals surface area contributed by atoms with Crippen molar-refractivity contribution in [3.05, 3.63) is 53.1 Å². The van der Waals surface area contributed by atoms with Crippen LogP contribution in [0.4, 0.5) is 5.69 Å². The monoisotopic (exact) mass is 420 g/mol. The molecule has 0 heterocycles. The first-order valence-electron chi connectivity index (χ1n) is 9.13. The maximum atomic E-state index is 12.7. The summed E-state index contributed by atoms with van der Waals surface area (Å²) in [6.45, 7) is 5.26. The Morgan fingerprint density at radius 3 is 2.34 bits per heavy atom. The van der Waals surface area contributed by atoms with Gasteiger partial charge in [0.1, 0.15) is 6.54 Å². The quantitative estimate of drug-likeness (QED) is 0.710. The highest BCUT2D eigenvalue weighted by Crippen LogP contribution is 2.30. The fourth-order valence-electron chi connectivity index (χ4n) is 3.01. The number of hydrogen-bond acceptors (Lipinski definition) is 5. The molecule has 158 valence electrons. The molecule has 2 rings (SSSR count). The van der Waals surface area contributed by atoms with Crippen LogP contribution in [0.2, 0.25) is 0 Å². The van der Waals surface area contributed by atoms with Crippen LogP contribution in [0.25, 0.3) is 0 Å². The number of sulfonamides is 1. The van der Waals surface area contributed by atoms with Crippen LogP contribution in [0, 0.1) is 13.8 Å². The van der Waals surface area contributed by atoms with Gasteiger partial charge in [-0.2, -0.15) is 0 Å². The number of carbonyl (C=O) groups excluding carboxylic acids is 1. The maximum absolute atomic E-state index is 12.7. The number of ether oxygens (including phenoxy) is 2. The number of amides is 1. The summed E-state index contributed by atoms with van der Waals surface area (Å²) >= 11 is 0. The van der Waals surface area contributed by atoms with Gasteiger partial charge in [-0.15, -0.1) is 0 Å². The number of nitrogens with zero attached hydrogens (tertiary/aromatic N) is 1. The van der Waals surface area contributed by atoms with E-state index < -0.39 is 15.9 Å². The zero-order valence-corrected chi connectivity index (χ0v) is 18.5. The summed E-state index contributed by atoms with van der Waals surface area (Å²) in [6.07, 6.45) is 1.10. The van der Waals surface area contributed by atoms with Crippen molar-refractivity contribution < 1.29 is 22.7 Å². The van der Waals surface area contributed by atoms with Gasteiger partial charge in [-0.3, -0.25) is 9.10 Å². The molecule has 0 fully saturated rings. The first-order chi connectivity index (χ1) is 13.6. The Kier molecular flexibility index (Phi) is 7.13. The van der Waals surface area contributed by atoms with Gasteiger partial charge in [0.2, 0.25) is 15.9 Å². The normalized spacial score (nSPS) is 12.2. The maximum Gasteiger partial charge on any atom is 0.241 e. The molecule has 0 aliphatic rings. The fraction of sp³-hybridized carbons (Fsp3) is 0.381. The molecule has 0 unspecified atom stereocenters. The van der Waals surface area contributed by atoms with Crippen LogP contribution < -0.4 is 19.1 Å². The molecule has 0 saturated heterocycles. The number of rotatable bonds is 8. The van der Waals surface area contributed by atoms with Gasteiger partial charge >= 0.3 is 0 Å². The molecule has 0 aromatic heterocycles. The zero-order valence-electron chi connectivity index (χ0n) is 17.6. The second-order valence-electron chi connectivity index (χ2n) is 6.89. The Labute approximate surface area is 172 Å². The zero-order chi connectivity index (χ0) is 21.8. The van der Waals surface area contributed by atoms with E-state index in [1.165, 1.54) is 0 Å². The molecule has 1 N–H and O–H groups in total. The van der Waals surface area contributed by atoms with Gasteiger partial charge in [0.15, 0.2) is 11.5 Å². The largest absolute Gasteiger partial charge is 0.493 e. The van der Waals surface area contributed by atoms with Crippen LogP contribution in [0.15, 0.2) is 36.4 Å². The van der Waals surface area contributed by atoms with Crippen LogP contribution in [0.1, 0.15) is 29.7 Å². The minimum absolute atomic E-state index is 0.305. The second-order valence-corrected chi connectivity index (χ2v) is 8.80. The Bertz CT molecular complexity index is 989. The van der Waals surface area contributed by atoms with Crippen LogP contribution in [-0.2, 0) is 14.8 Å². The number of carbonyl (C=O) groups is 1.